The van der Waals surface area contributed by atoms with Crippen molar-refractivity contribution in [3.8, 4) is 0 Å². The molecule has 13 heavy (non-hydrogen) atoms. The molecule has 1 aromatic carbocycles. The van der Waals surface area contributed by atoms with Crippen LogP contribution in [0.2, 0.25) is 10.0 Å². The first kappa shape index (κ1) is 11.5. The minimum atomic E-state index is -0.0673. The molecule has 0 fully saturated rings. The molecule has 70 valence electrons. The first-order valence-corrected chi connectivity index (χ1v) is 5.97. The Morgan fingerprint density at radius 2 is 2.00 bits per heavy atom. The van der Waals surface area contributed by atoms with Gasteiger partial charge < -0.3 is 0 Å². The van der Waals surface area contributed by atoms with Gasteiger partial charge in [0.15, 0.2) is 5.78 Å². The summed E-state index contributed by atoms with van der Waals surface area (Å²) in [6, 6.07) is 3.24. The van der Waals surface area contributed by atoms with Crippen LogP contribution in [-0.2, 0) is 0 Å². The summed E-state index contributed by atoms with van der Waals surface area (Å²) in [5.74, 6) is -0.0673. The molecule has 0 aliphatic heterocycles. The molecule has 0 aromatic heterocycles. The quantitative estimate of drug-likeness (QED) is 0.442. The number of carbonyl (C=O) groups excluding carboxylic acids is 1. The highest BCUT2D eigenvalue weighted by molar-refractivity contribution is 9.10. The van der Waals surface area contributed by atoms with Crippen molar-refractivity contribution < 1.29 is 4.79 Å². The Labute approximate surface area is 103 Å². The predicted molar refractivity (Wildman–Crippen MR) is 62.3 cm³/mol. The zero-order valence-electron chi connectivity index (χ0n) is 6.28. The van der Waals surface area contributed by atoms with Crippen LogP contribution in [0.3, 0.4) is 0 Å². The van der Waals surface area contributed by atoms with Crippen LogP contribution in [0.4, 0.5) is 0 Å². The smallest absolute Gasteiger partial charge is 0.174 e. The number of hydrogen-bond acceptors (Lipinski definition) is 1. The van der Waals surface area contributed by atoms with Gasteiger partial charge in [0.2, 0.25) is 0 Å². The van der Waals surface area contributed by atoms with Crippen LogP contribution in [0.1, 0.15) is 10.4 Å². The molecule has 5 heteroatoms. The summed E-state index contributed by atoms with van der Waals surface area (Å²) >= 11 is 17.9. The zero-order chi connectivity index (χ0) is 10.0. The van der Waals surface area contributed by atoms with Crippen molar-refractivity contribution in [1.29, 1.82) is 0 Å². The van der Waals surface area contributed by atoms with Crippen LogP contribution < -0.4 is 0 Å². The standard InChI is InChI=1S/C8H4Br2Cl2O/c9-3-6(13)4-1-2-5(11)7(10)8(4)12/h1-2H,3H2. The van der Waals surface area contributed by atoms with E-state index in [-0.39, 0.29) is 11.1 Å². The highest BCUT2D eigenvalue weighted by Crippen LogP contribution is 2.33. The van der Waals surface area contributed by atoms with E-state index < -0.39 is 0 Å². The van der Waals surface area contributed by atoms with E-state index in [4.69, 9.17) is 23.2 Å². The number of halogens is 4. The molecule has 0 unspecified atom stereocenters. The molecule has 0 bridgehead atoms. The van der Waals surface area contributed by atoms with Gasteiger partial charge >= 0.3 is 0 Å². The fraction of sp³-hybridized carbons (Fsp3) is 0.125. The fourth-order valence-corrected chi connectivity index (χ4v) is 1.94. The normalized spacial score (nSPS) is 10.2. The monoisotopic (exact) mass is 344 g/mol. The van der Waals surface area contributed by atoms with E-state index in [1.54, 1.807) is 12.1 Å². The first-order valence-electron chi connectivity index (χ1n) is 3.30. The highest BCUT2D eigenvalue weighted by atomic mass is 79.9. The number of Topliss-reactive ketones (excluding diaryl/α,β-unsaturated/α-hetero) is 1. The van der Waals surface area contributed by atoms with Crippen LogP contribution in [0.25, 0.3) is 0 Å². The van der Waals surface area contributed by atoms with Gasteiger partial charge in [-0.15, -0.1) is 0 Å². The number of ketones is 1. The third kappa shape index (κ3) is 2.46. The van der Waals surface area contributed by atoms with Gasteiger partial charge in [0.25, 0.3) is 0 Å². The lowest BCUT2D eigenvalue weighted by molar-refractivity contribution is 0.102. The number of benzene rings is 1. The Bertz CT molecular complexity index is 352. The molecule has 0 radical (unpaired) electrons. The van der Waals surface area contributed by atoms with Gasteiger partial charge in [-0.3, -0.25) is 4.79 Å². The molecule has 1 aromatic rings. The Morgan fingerprint density at radius 1 is 1.38 bits per heavy atom. The van der Waals surface area contributed by atoms with Gasteiger partial charge in [-0.2, -0.15) is 0 Å². The maximum absolute atomic E-state index is 11.3. The topological polar surface area (TPSA) is 17.1 Å². The lowest BCUT2D eigenvalue weighted by Gasteiger charge is -2.04. The van der Waals surface area contributed by atoms with Crippen molar-refractivity contribution in [2.75, 3.05) is 5.33 Å². The van der Waals surface area contributed by atoms with E-state index in [1.165, 1.54) is 0 Å². The van der Waals surface area contributed by atoms with Crippen LogP contribution in [-0.4, -0.2) is 11.1 Å². The number of rotatable bonds is 2. The minimum Gasteiger partial charge on any atom is -0.293 e. The first-order chi connectivity index (χ1) is 6.07. The molecule has 0 amide bonds. The summed E-state index contributed by atoms with van der Waals surface area (Å²) in [6.45, 7) is 0. The van der Waals surface area contributed by atoms with E-state index in [0.717, 1.165) is 0 Å². The van der Waals surface area contributed by atoms with Gasteiger partial charge in [0.1, 0.15) is 0 Å². The zero-order valence-corrected chi connectivity index (χ0v) is 11.0. The second kappa shape index (κ2) is 4.78. The van der Waals surface area contributed by atoms with Gasteiger partial charge in [0.05, 0.1) is 19.8 Å². The lowest BCUT2D eigenvalue weighted by Crippen LogP contribution is -2.01. The average molecular weight is 347 g/mol. The van der Waals surface area contributed by atoms with Crippen LogP contribution in [0, 0.1) is 0 Å². The molecule has 0 N–H and O–H groups in total. The van der Waals surface area contributed by atoms with E-state index >= 15 is 0 Å². The van der Waals surface area contributed by atoms with E-state index in [9.17, 15) is 4.79 Å². The number of carbonyl (C=O) groups is 1. The van der Waals surface area contributed by atoms with Crippen molar-refractivity contribution in [2.24, 2.45) is 0 Å². The van der Waals surface area contributed by atoms with Gasteiger partial charge in [-0.05, 0) is 28.1 Å². The molecule has 0 saturated carbocycles. The van der Waals surface area contributed by atoms with E-state index in [0.29, 0.717) is 20.1 Å². The Balaban J connectivity index is 3.26. The average Bonchev–Trinajstić information content (AvgIpc) is 2.13. The maximum atomic E-state index is 11.3. The minimum absolute atomic E-state index is 0.0673. The molecule has 0 saturated heterocycles. The second-order valence-corrected chi connectivity index (χ2v) is 4.42. The maximum Gasteiger partial charge on any atom is 0.174 e. The van der Waals surface area contributed by atoms with E-state index in [1.807, 2.05) is 0 Å². The summed E-state index contributed by atoms with van der Waals surface area (Å²) in [5.41, 5.74) is 0.467. The Hall–Kier alpha value is 0.430. The molecule has 0 heterocycles. The number of alkyl halides is 1. The molecular formula is C8H4Br2Cl2O. The van der Waals surface area contributed by atoms with Gasteiger partial charge in [0, 0.05) is 5.56 Å². The van der Waals surface area contributed by atoms with Crippen LogP contribution in [0.15, 0.2) is 16.6 Å². The van der Waals surface area contributed by atoms with Crippen molar-refractivity contribution in [2.45, 2.75) is 0 Å². The summed E-state index contributed by atoms with van der Waals surface area (Å²) in [6.07, 6.45) is 0. The van der Waals surface area contributed by atoms with Crippen LogP contribution in [0.5, 0.6) is 0 Å². The summed E-state index contributed by atoms with van der Waals surface area (Å²) in [7, 11) is 0. The summed E-state index contributed by atoms with van der Waals surface area (Å²) < 4.78 is 0.558. The van der Waals surface area contributed by atoms with Gasteiger partial charge in [-0.1, -0.05) is 39.1 Å². The molecule has 1 nitrogen and oxygen atoms in total. The Morgan fingerprint density at radius 3 is 2.54 bits per heavy atom. The number of hydrogen-bond donors (Lipinski definition) is 0. The SMILES string of the molecule is O=C(CBr)c1ccc(Cl)c(Br)c1Cl. The van der Waals surface area contributed by atoms with Crippen molar-refractivity contribution in [3.63, 3.8) is 0 Å². The largest absolute Gasteiger partial charge is 0.293 e. The second-order valence-electron chi connectivity index (χ2n) is 2.28. The summed E-state index contributed by atoms with van der Waals surface area (Å²) in [5, 5.41) is 1.11. The molecular weight excluding hydrogens is 343 g/mol. The van der Waals surface area contributed by atoms with Crippen LogP contribution >= 0.6 is 55.1 Å². The molecule has 0 aliphatic carbocycles. The van der Waals surface area contributed by atoms with Crippen molar-refractivity contribution >= 4 is 60.8 Å². The highest BCUT2D eigenvalue weighted by Gasteiger charge is 2.13. The third-order valence-corrected chi connectivity index (χ3v) is 3.95. The molecule has 0 atom stereocenters. The van der Waals surface area contributed by atoms with Crippen molar-refractivity contribution in [1.82, 2.24) is 0 Å². The van der Waals surface area contributed by atoms with Gasteiger partial charge in [-0.25, -0.2) is 0 Å². The molecule has 0 aliphatic rings. The predicted octanol–water partition coefficient (Wildman–Crippen LogP) is 4.33. The van der Waals surface area contributed by atoms with E-state index in [2.05, 4.69) is 31.9 Å². The molecule has 1 rings (SSSR count). The third-order valence-electron chi connectivity index (χ3n) is 1.46. The fourth-order valence-electron chi connectivity index (χ4n) is 0.813. The summed E-state index contributed by atoms with van der Waals surface area (Å²) in [4.78, 5) is 11.3. The lowest BCUT2D eigenvalue weighted by atomic mass is 10.1. The van der Waals surface area contributed by atoms with Crippen molar-refractivity contribution in [3.05, 3.63) is 32.2 Å². The molecule has 0 spiro atoms. The Kier molecular flexibility index (Phi) is 4.23.